The summed E-state index contributed by atoms with van der Waals surface area (Å²) in [5, 5.41) is 13.9. The minimum Gasteiger partial charge on any atom is -0.861 e. The summed E-state index contributed by atoms with van der Waals surface area (Å²) in [4.78, 5) is 11.7. The standard InChI is InChI=1S/C15H16N2O5S/c1-2-4-14(18)17-23(20,21)12-8-6-11(7-9-12)16-15(19)13-5-3-10-22-13/h3,5-10H,2,4H2,1H3,(H,16,19)(H,17,18)/p-1. The number of amides is 1. The van der Waals surface area contributed by atoms with Crippen LogP contribution in [0, 0.1) is 0 Å². The molecule has 0 radical (unpaired) electrons. The first kappa shape index (κ1) is 16.8. The van der Waals surface area contributed by atoms with E-state index in [2.05, 4.69) is 9.71 Å². The molecule has 1 aromatic heterocycles. The summed E-state index contributed by atoms with van der Waals surface area (Å²) < 4.78 is 32.1. The molecule has 8 heteroatoms. The van der Waals surface area contributed by atoms with E-state index in [1.807, 2.05) is 0 Å². The highest BCUT2D eigenvalue weighted by atomic mass is 32.2. The van der Waals surface area contributed by atoms with Gasteiger partial charge in [-0.25, -0.2) is 0 Å². The Morgan fingerprint density at radius 3 is 2.52 bits per heavy atom. The van der Waals surface area contributed by atoms with Gasteiger partial charge < -0.3 is 14.8 Å². The monoisotopic (exact) mass is 335 g/mol. The summed E-state index contributed by atoms with van der Waals surface area (Å²) in [6, 6.07) is 8.46. The van der Waals surface area contributed by atoms with Gasteiger partial charge in [-0.2, -0.15) is 12.8 Å². The van der Waals surface area contributed by atoms with Crippen LogP contribution in [0.2, 0.25) is 0 Å². The number of nitrogens with one attached hydrogen (secondary N) is 1. The van der Waals surface area contributed by atoms with Crippen LogP contribution in [0.15, 0.2) is 56.4 Å². The Balaban J connectivity index is 2.13. The van der Waals surface area contributed by atoms with Crippen LogP contribution >= 0.6 is 0 Å². The Bertz CT molecular complexity index is 793. The number of carbonyl (C=O) groups excluding carboxylic acids is 1. The minimum absolute atomic E-state index is 0.0799. The molecule has 0 saturated carbocycles. The van der Waals surface area contributed by atoms with Crippen molar-refractivity contribution in [3.63, 3.8) is 0 Å². The molecule has 0 fully saturated rings. The second kappa shape index (κ2) is 7.10. The second-order valence-corrected chi connectivity index (χ2v) is 6.27. The predicted molar refractivity (Wildman–Crippen MR) is 82.6 cm³/mol. The maximum absolute atomic E-state index is 11.9. The molecule has 0 aliphatic carbocycles. The first-order valence-corrected chi connectivity index (χ1v) is 8.32. The molecule has 0 spiro atoms. The van der Waals surface area contributed by atoms with Crippen molar-refractivity contribution in [2.24, 2.45) is 4.40 Å². The molecule has 0 unspecified atom stereocenters. The number of benzene rings is 1. The number of nitrogens with zero attached hydrogens (tertiary/aromatic N) is 1. The van der Waals surface area contributed by atoms with Gasteiger partial charge in [0.05, 0.1) is 11.2 Å². The predicted octanol–water partition coefficient (Wildman–Crippen LogP) is 1.78. The Kier molecular flexibility index (Phi) is 5.17. The van der Waals surface area contributed by atoms with Gasteiger partial charge in [-0.15, -0.1) is 0 Å². The summed E-state index contributed by atoms with van der Waals surface area (Å²) in [5.41, 5.74) is 0.394. The molecule has 0 saturated heterocycles. The number of rotatable bonds is 6. The number of furan rings is 1. The van der Waals surface area contributed by atoms with Crippen LogP contribution < -0.4 is 10.4 Å². The zero-order chi connectivity index (χ0) is 16.9. The van der Waals surface area contributed by atoms with Crippen LogP contribution in [0.1, 0.15) is 30.3 Å². The van der Waals surface area contributed by atoms with Crippen molar-refractivity contribution in [3.05, 3.63) is 48.4 Å². The summed E-state index contributed by atoms with van der Waals surface area (Å²) in [6.45, 7) is 1.76. The molecule has 122 valence electrons. The van der Waals surface area contributed by atoms with E-state index >= 15 is 0 Å². The SMILES string of the molecule is CCCC([O-])=NS(=O)(=O)c1ccc(NC(=O)c2ccco2)cc1. The van der Waals surface area contributed by atoms with Crippen LogP contribution in [-0.4, -0.2) is 20.2 Å². The molecule has 1 heterocycles. The zero-order valence-corrected chi connectivity index (χ0v) is 13.2. The fourth-order valence-electron chi connectivity index (χ4n) is 1.76. The molecule has 0 atom stereocenters. The van der Waals surface area contributed by atoms with Gasteiger partial charge in [-0.1, -0.05) is 13.3 Å². The molecule has 0 aliphatic heterocycles. The largest absolute Gasteiger partial charge is 0.861 e. The second-order valence-electron chi connectivity index (χ2n) is 4.67. The molecular weight excluding hydrogens is 320 g/mol. The quantitative estimate of drug-likeness (QED) is 0.639. The van der Waals surface area contributed by atoms with E-state index < -0.39 is 21.8 Å². The first-order chi connectivity index (χ1) is 10.9. The van der Waals surface area contributed by atoms with Crippen molar-refractivity contribution >= 4 is 27.5 Å². The molecular formula is C15H15N2O5S-. The fraction of sp³-hybridized carbons (Fsp3) is 0.200. The van der Waals surface area contributed by atoms with Gasteiger partial charge in [-0.05, 0) is 48.7 Å². The third-order valence-electron chi connectivity index (χ3n) is 2.84. The van der Waals surface area contributed by atoms with Gasteiger partial charge in [-0.3, -0.25) is 4.79 Å². The molecule has 1 aromatic carbocycles. The van der Waals surface area contributed by atoms with Crippen molar-refractivity contribution in [1.82, 2.24) is 0 Å². The van der Waals surface area contributed by atoms with Crippen LogP contribution in [0.4, 0.5) is 5.69 Å². The van der Waals surface area contributed by atoms with Crippen molar-refractivity contribution in [3.8, 4) is 0 Å². The molecule has 1 N–H and O–H groups in total. The van der Waals surface area contributed by atoms with E-state index in [1.165, 1.54) is 36.6 Å². The third kappa shape index (κ3) is 4.43. The van der Waals surface area contributed by atoms with E-state index in [0.29, 0.717) is 12.1 Å². The minimum atomic E-state index is -4.03. The fourth-order valence-corrected chi connectivity index (χ4v) is 2.70. The van der Waals surface area contributed by atoms with Crippen molar-refractivity contribution in [2.45, 2.75) is 24.7 Å². The highest BCUT2D eigenvalue weighted by Crippen LogP contribution is 2.17. The average Bonchev–Trinajstić information content (AvgIpc) is 3.01. The summed E-state index contributed by atoms with van der Waals surface area (Å²) in [7, 11) is -4.03. The Morgan fingerprint density at radius 2 is 1.96 bits per heavy atom. The Morgan fingerprint density at radius 1 is 1.26 bits per heavy atom. The number of anilines is 1. The molecule has 23 heavy (non-hydrogen) atoms. The number of carbonyl (C=O) groups is 1. The van der Waals surface area contributed by atoms with Crippen LogP contribution in [0.3, 0.4) is 0 Å². The molecule has 7 nitrogen and oxygen atoms in total. The zero-order valence-electron chi connectivity index (χ0n) is 12.4. The van der Waals surface area contributed by atoms with Crippen molar-refractivity contribution < 1.29 is 22.7 Å². The molecule has 1 amide bonds. The summed E-state index contributed by atoms with van der Waals surface area (Å²) in [5.74, 6) is -0.988. The van der Waals surface area contributed by atoms with E-state index in [4.69, 9.17) is 4.42 Å². The van der Waals surface area contributed by atoms with E-state index in [0.717, 1.165) is 0 Å². The van der Waals surface area contributed by atoms with Crippen molar-refractivity contribution in [2.75, 3.05) is 5.32 Å². The molecule has 2 aromatic rings. The lowest BCUT2D eigenvalue weighted by atomic mass is 10.3. The third-order valence-corrected chi connectivity index (χ3v) is 4.15. The first-order valence-electron chi connectivity index (χ1n) is 6.88. The van der Waals surface area contributed by atoms with Gasteiger partial charge in [0.15, 0.2) is 5.76 Å². The van der Waals surface area contributed by atoms with E-state index in [-0.39, 0.29) is 17.1 Å². The number of sulfonamides is 1. The van der Waals surface area contributed by atoms with Crippen molar-refractivity contribution in [1.29, 1.82) is 0 Å². The highest BCUT2D eigenvalue weighted by molar-refractivity contribution is 7.90. The Hall–Kier alpha value is -2.61. The Labute approximate surface area is 133 Å². The van der Waals surface area contributed by atoms with E-state index in [1.54, 1.807) is 13.0 Å². The smallest absolute Gasteiger partial charge is 0.291 e. The van der Waals surface area contributed by atoms with Gasteiger partial charge in [0.2, 0.25) is 0 Å². The average molecular weight is 335 g/mol. The molecule has 2 rings (SSSR count). The maximum atomic E-state index is 11.9. The topological polar surface area (TPSA) is 112 Å². The lowest BCUT2D eigenvalue weighted by Crippen LogP contribution is -2.19. The lowest BCUT2D eigenvalue weighted by Gasteiger charge is -2.09. The highest BCUT2D eigenvalue weighted by Gasteiger charge is 2.13. The van der Waals surface area contributed by atoms with E-state index in [9.17, 15) is 18.3 Å². The summed E-state index contributed by atoms with van der Waals surface area (Å²) in [6.07, 6.45) is 1.98. The van der Waals surface area contributed by atoms with Gasteiger partial charge in [0.1, 0.15) is 0 Å². The summed E-state index contributed by atoms with van der Waals surface area (Å²) >= 11 is 0. The molecule has 0 aliphatic rings. The van der Waals surface area contributed by atoms with Crippen LogP contribution in [-0.2, 0) is 10.0 Å². The lowest BCUT2D eigenvalue weighted by molar-refractivity contribution is -0.218. The van der Waals surface area contributed by atoms with Gasteiger partial charge in [0.25, 0.3) is 15.9 Å². The normalized spacial score (nSPS) is 12.1. The number of hydrogen-bond acceptors (Lipinski definition) is 5. The van der Waals surface area contributed by atoms with Crippen LogP contribution in [0.5, 0.6) is 0 Å². The number of hydrogen-bond donors (Lipinski definition) is 1. The van der Waals surface area contributed by atoms with Crippen LogP contribution in [0.25, 0.3) is 0 Å². The molecule has 0 bridgehead atoms. The van der Waals surface area contributed by atoms with Gasteiger partial charge >= 0.3 is 0 Å². The van der Waals surface area contributed by atoms with Gasteiger partial charge in [0, 0.05) is 5.69 Å². The maximum Gasteiger partial charge on any atom is 0.291 e.